The van der Waals surface area contributed by atoms with E-state index in [-0.39, 0.29) is 17.9 Å². The van der Waals surface area contributed by atoms with E-state index in [1.807, 2.05) is 11.8 Å². The van der Waals surface area contributed by atoms with E-state index in [2.05, 4.69) is 6.92 Å². The van der Waals surface area contributed by atoms with Crippen molar-refractivity contribution in [3.05, 3.63) is 0 Å². The van der Waals surface area contributed by atoms with Gasteiger partial charge in [0.05, 0.1) is 5.84 Å². The summed E-state index contributed by atoms with van der Waals surface area (Å²) in [5.74, 6) is 0.850. The van der Waals surface area contributed by atoms with Crippen LogP contribution in [0, 0.1) is 11.3 Å². The molecule has 0 radical (unpaired) electrons. The van der Waals surface area contributed by atoms with Crippen molar-refractivity contribution in [3.63, 3.8) is 0 Å². The lowest BCUT2D eigenvalue weighted by molar-refractivity contribution is 0.132. The van der Waals surface area contributed by atoms with Crippen molar-refractivity contribution in [1.82, 2.24) is 9.80 Å². The minimum Gasteiger partial charge on any atom is -0.388 e. The second kappa shape index (κ2) is 5.89. The van der Waals surface area contributed by atoms with Gasteiger partial charge in [-0.2, -0.15) is 0 Å². The first-order valence-electron chi connectivity index (χ1n) is 6.26. The third-order valence-electron chi connectivity index (χ3n) is 3.53. The lowest BCUT2D eigenvalue weighted by atomic mass is 9.99. The van der Waals surface area contributed by atoms with E-state index in [0.29, 0.717) is 6.42 Å². The molecular formula is C12H24N4O. The van der Waals surface area contributed by atoms with Crippen LogP contribution < -0.4 is 5.73 Å². The molecule has 1 heterocycles. The molecule has 1 unspecified atom stereocenters. The second-order valence-electron chi connectivity index (χ2n) is 5.14. The Kier molecular flexibility index (Phi) is 4.78. The number of amides is 2. The number of carbonyl (C=O) groups excluding carboxylic acids is 1. The van der Waals surface area contributed by atoms with Crippen molar-refractivity contribution >= 4 is 11.9 Å². The van der Waals surface area contributed by atoms with Crippen LogP contribution in [0.2, 0.25) is 0 Å². The number of nitrogens with two attached hydrogens (primary N) is 1. The third-order valence-corrected chi connectivity index (χ3v) is 3.53. The summed E-state index contributed by atoms with van der Waals surface area (Å²) in [7, 11) is 1.79. The molecule has 1 rings (SSSR count). The summed E-state index contributed by atoms with van der Waals surface area (Å²) in [5, 5.41) is 7.26. The lowest BCUT2D eigenvalue weighted by Gasteiger charge is -2.35. The van der Waals surface area contributed by atoms with Gasteiger partial charge in [0.25, 0.3) is 0 Å². The number of piperidine rings is 1. The third kappa shape index (κ3) is 3.91. The highest BCUT2D eigenvalue weighted by Crippen LogP contribution is 2.17. The molecular weight excluding hydrogens is 216 g/mol. The van der Waals surface area contributed by atoms with Crippen LogP contribution in [-0.2, 0) is 0 Å². The van der Waals surface area contributed by atoms with Crippen LogP contribution in [0.4, 0.5) is 4.79 Å². The highest BCUT2D eigenvalue weighted by atomic mass is 16.2. The number of rotatable bonds is 3. The molecule has 3 N–H and O–H groups in total. The molecule has 0 aromatic rings. The van der Waals surface area contributed by atoms with Gasteiger partial charge in [0, 0.05) is 32.6 Å². The fourth-order valence-corrected chi connectivity index (χ4v) is 2.07. The Morgan fingerprint density at radius 1 is 1.53 bits per heavy atom. The van der Waals surface area contributed by atoms with Crippen molar-refractivity contribution in [2.75, 3.05) is 20.1 Å². The van der Waals surface area contributed by atoms with Gasteiger partial charge in [-0.15, -0.1) is 0 Å². The van der Waals surface area contributed by atoms with Crippen LogP contribution >= 0.6 is 0 Å². The molecule has 1 aliphatic rings. The topological polar surface area (TPSA) is 73.4 Å². The minimum atomic E-state index is -0.0145. The van der Waals surface area contributed by atoms with Crippen molar-refractivity contribution < 1.29 is 4.79 Å². The monoisotopic (exact) mass is 240 g/mol. The van der Waals surface area contributed by atoms with Crippen molar-refractivity contribution in [3.8, 4) is 0 Å². The van der Waals surface area contributed by atoms with Gasteiger partial charge in [-0.25, -0.2) is 4.79 Å². The van der Waals surface area contributed by atoms with Crippen molar-refractivity contribution in [2.24, 2.45) is 11.7 Å². The molecule has 5 heteroatoms. The first-order valence-corrected chi connectivity index (χ1v) is 6.26. The summed E-state index contributed by atoms with van der Waals surface area (Å²) in [6.45, 7) is 5.84. The van der Waals surface area contributed by atoms with E-state index in [0.717, 1.165) is 31.8 Å². The van der Waals surface area contributed by atoms with Gasteiger partial charge in [-0.05, 0) is 25.7 Å². The summed E-state index contributed by atoms with van der Waals surface area (Å²) < 4.78 is 0. The zero-order valence-electron chi connectivity index (χ0n) is 11.1. The summed E-state index contributed by atoms with van der Waals surface area (Å²) in [6.07, 6.45) is 2.60. The fourth-order valence-electron chi connectivity index (χ4n) is 2.07. The van der Waals surface area contributed by atoms with Gasteiger partial charge < -0.3 is 15.5 Å². The Bertz CT molecular complexity index is 284. The Morgan fingerprint density at radius 2 is 2.06 bits per heavy atom. The Balaban J connectivity index is 2.48. The molecule has 0 aromatic carbocycles. The standard InChI is InChI=1S/C12H24N4O/c1-9-4-6-16(7-5-9)12(17)15(3)10(2)8-11(13)14/h9-10H,4-8H2,1-3H3,(H3,13,14). The number of hydrogen-bond acceptors (Lipinski definition) is 2. The largest absolute Gasteiger partial charge is 0.388 e. The number of carbonyl (C=O) groups is 1. The van der Waals surface area contributed by atoms with Crippen molar-refractivity contribution in [1.29, 1.82) is 5.41 Å². The fraction of sp³-hybridized carbons (Fsp3) is 0.833. The van der Waals surface area contributed by atoms with E-state index in [1.165, 1.54) is 0 Å². The molecule has 1 fully saturated rings. The van der Waals surface area contributed by atoms with Gasteiger partial charge in [0.1, 0.15) is 0 Å². The zero-order chi connectivity index (χ0) is 13.0. The molecule has 5 nitrogen and oxygen atoms in total. The summed E-state index contributed by atoms with van der Waals surface area (Å²) in [5.41, 5.74) is 5.36. The molecule has 1 atom stereocenters. The SMILES string of the molecule is CC1CCN(C(=O)N(C)C(C)CC(=N)N)CC1. The number of amidine groups is 1. The minimum absolute atomic E-state index is 0.0145. The lowest BCUT2D eigenvalue weighted by Crippen LogP contribution is -2.48. The van der Waals surface area contributed by atoms with Gasteiger partial charge in [-0.3, -0.25) is 5.41 Å². The predicted molar refractivity (Wildman–Crippen MR) is 69.1 cm³/mol. The quantitative estimate of drug-likeness (QED) is 0.579. The van der Waals surface area contributed by atoms with Crippen LogP contribution in [0.5, 0.6) is 0 Å². The molecule has 0 aromatic heterocycles. The molecule has 0 bridgehead atoms. The smallest absolute Gasteiger partial charge is 0.319 e. The number of urea groups is 1. The highest BCUT2D eigenvalue weighted by Gasteiger charge is 2.25. The zero-order valence-corrected chi connectivity index (χ0v) is 11.1. The van der Waals surface area contributed by atoms with Gasteiger partial charge in [0.15, 0.2) is 0 Å². The number of likely N-dealkylation sites (tertiary alicyclic amines) is 1. The molecule has 1 aliphatic heterocycles. The first kappa shape index (κ1) is 13.8. The van der Waals surface area contributed by atoms with Crippen LogP contribution in [0.1, 0.15) is 33.1 Å². The van der Waals surface area contributed by atoms with E-state index in [1.54, 1.807) is 11.9 Å². The van der Waals surface area contributed by atoms with Gasteiger partial charge in [0.2, 0.25) is 0 Å². The molecule has 17 heavy (non-hydrogen) atoms. The average molecular weight is 240 g/mol. The highest BCUT2D eigenvalue weighted by molar-refractivity contribution is 5.79. The normalized spacial score (nSPS) is 18.9. The number of nitrogens with zero attached hydrogens (tertiary/aromatic N) is 2. The van der Waals surface area contributed by atoms with E-state index in [4.69, 9.17) is 11.1 Å². The molecule has 1 saturated heterocycles. The maximum absolute atomic E-state index is 12.2. The number of hydrogen-bond donors (Lipinski definition) is 2. The maximum atomic E-state index is 12.2. The maximum Gasteiger partial charge on any atom is 0.319 e. The van der Waals surface area contributed by atoms with E-state index < -0.39 is 0 Å². The summed E-state index contributed by atoms with van der Waals surface area (Å²) in [6, 6.07) is 0.0463. The van der Waals surface area contributed by atoms with E-state index in [9.17, 15) is 4.79 Å². The van der Waals surface area contributed by atoms with Gasteiger partial charge in [-0.1, -0.05) is 6.92 Å². The van der Waals surface area contributed by atoms with Gasteiger partial charge >= 0.3 is 6.03 Å². The second-order valence-corrected chi connectivity index (χ2v) is 5.14. The molecule has 2 amide bonds. The van der Waals surface area contributed by atoms with Crippen LogP contribution in [0.15, 0.2) is 0 Å². The molecule has 98 valence electrons. The van der Waals surface area contributed by atoms with E-state index >= 15 is 0 Å². The molecule has 0 aliphatic carbocycles. The average Bonchev–Trinajstić information content (AvgIpc) is 2.27. The Labute approximate surface area is 103 Å². The van der Waals surface area contributed by atoms with Crippen LogP contribution in [0.3, 0.4) is 0 Å². The Hall–Kier alpha value is -1.26. The molecule has 0 spiro atoms. The summed E-state index contributed by atoms with van der Waals surface area (Å²) >= 11 is 0. The Morgan fingerprint density at radius 3 is 2.53 bits per heavy atom. The summed E-state index contributed by atoms with van der Waals surface area (Å²) in [4.78, 5) is 15.8. The predicted octanol–water partition coefficient (Wildman–Crippen LogP) is 1.48. The van der Waals surface area contributed by atoms with Crippen LogP contribution in [-0.4, -0.2) is 47.8 Å². The molecule has 0 saturated carbocycles. The van der Waals surface area contributed by atoms with Crippen molar-refractivity contribution in [2.45, 2.75) is 39.2 Å². The number of nitrogens with one attached hydrogen (secondary N) is 1. The van der Waals surface area contributed by atoms with Crippen LogP contribution in [0.25, 0.3) is 0 Å². The first-order chi connectivity index (χ1) is 7.91.